The fraction of sp³-hybridized carbons (Fsp3) is 0.667. The van der Waals surface area contributed by atoms with Gasteiger partial charge in [0.05, 0.1) is 0 Å². The third kappa shape index (κ3) is 18.6. The van der Waals surface area contributed by atoms with Crippen LogP contribution in [-0.4, -0.2) is 52.4 Å². The third-order valence-corrected chi connectivity index (χ3v) is 17.5. The molecule has 0 spiro atoms. The zero-order valence-corrected chi connectivity index (χ0v) is 52.8. The van der Waals surface area contributed by atoms with Crippen molar-refractivity contribution in [1.29, 1.82) is 0 Å². The van der Waals surface area contributed by atoms with Gasteiger partial charge in [-0.1, -0.05) is 215 Å². The number of piperidine rings is 4. The van der Waals surface area contributed by atoms with Gasteiger partial charge in [-0.15, -0.1) is 0 Å². The van der Waals surface area contributed by atoms with Gasteiger partial charge >= 0.3 is 0 Å². The lowest BCUT2D eigenvalue weighted by atomic mass is 9.62. The summed E-state index contributed by atoms with van der Waals surface area (Å²) in [6.07, 6.45) is 4.11. The van der Waals surface area contributed by atoms with E-state index >= 15 is 0 Å². The van der Waals surface area contributed by atoms with Crippen molar-refractivity contribution in [2.24, 2.45) is 52.3 Å². The molecular formula is C72H118N4. The zero-order chi connectivity index (χ0) is 56.1. The first-order valence-corrected chi connectivity index (χ1v) is 29.9. The van der Waals surface area contributed by atoms with Crippen LogP contribution >= 0.6 is 0 Å². The molecule has 0 N–H and O–H groups in total. The number of hydrogen-bond donors (Lipinski definition) is 0. The van der Waals surface area contributed by atoms with Crippen LogP contribution in [0.3, 0.4) is 0 Å². The maximum absolute atomic E-state index is 2.58. The molecule has 4 aromatic carbocycles. The molecule has 6 atom stereocenters. The van der Waals surface area contributed by atoms with E-state index in [0.717, 1.165) is 54.5 Å². The third-order valence-electron chi connectivity index (χ3n) is 17.5. The molecule has 4 fully saturated rings. The normalized spacial score (nSPS) is 24.1. The summed E-state index contributed by atoms with van der Waals surface area (Å²) < 4.78 is 0. The molecule has 4 aliphatic heterocycles. The molecule has 76 heavy (non-hydrogen) atoms. The number of anilines is 4. The van der Waals surface area contributed by atoms with Gasteiger partial charge in [0.15, 0.2) is 0 Å². The second kappa shape index (κ2) is 25.9. The summed E-state index contributed by atoms with van der Waals surface area (Å²) in [5.41, 5.74) is 12.9. The Morgan fingerprint density at radius 3 is 0.645 bits per heavy atom. The number of rotatable bonds is 4. The number of hydrogen-bond acceptors (Lipinski definition) is 4. The fourth-order valence-electron chi connectivity index (χ4n) is 12.9. The highest BCUT2D eigenvalue weighted by Crippen LogP contribution is 2.46. The Morgan fingerprint density at radius 2 is 0.474 bits per heavy atom. The molecule has 6 unspecified atom stereocenters. The van der Waals surface area contributed by atoms with E-state index < -0.39 is 0 Å². The number of nitrogens with zero attached hydrogens (tertiary/aromatic N) is 4. The van der Waals surface area contributed by atoms with Crippen molar-refractivity contribution in [3.8, 4) is 0 Å². The van der Waals surface area contributed by atoms with Gasteiger partial charge in [0.25, 0.3) is 0 Å². The van der Waals surface area contributed by atoms with Crippen molar-refractivity contribution in [2.45, 2.75) is 208 Å². The molecule has 4 aliphatic rings. The standard InChI is InChI=1S/C20H33N.3C17H27N.CH4/c1-15-19(5,6)13-21(14-20(15,7)8)17-11-9-16(10-12-17)18(2,3)4;3*1-13-10-14(2)12-18(11-13)16-8-6-15(7-9-16)17(3,4)5;/h9-12,15H,13-14H2,1-8H3;3*6-9,13-14H,10-12H2,1-5H3;1H4. The van der Waals surface area contributed by atoms with E-state index in [4.69, 9.17) is 0 Å². The van der Waals surface area contributed by atoms with Gasteiger partial charge in [-0.25, -0.2) is 0 Å². The SMILES string of the molecule is C.CC1C(C)(C)CN(c2ccc(C(C)(C)C)cc2)CC1(C)C.CC1CC(C)CN(c2ccc(C(C)(C)C)cc2)C1.CC1CC(C)CN(c2ccc(C(C)(C)C)cc2)C1.CC1CC(C)CN(c2ccc(C(C)(C)C)cc2)C1. The van der Waals surface area contributed by atoms with Gasteiger partial charge in [0.1, 0.15) is 0 Å². The van der Waals surface area contributed by atoms with Crippen LogP contribution in [-0.2, 0) is 21.7 Å². The van der Waals surface area contributed by atoms with Crippen LogP contribution in [0.25, 0.3) is 0 Å². The van der Waals surface area contributed by atoms with Gasteiger partial charge in [-0.2, -0.15) is 0 Å². The summed E-state index contributed by atoms with van der Waals surface area (Å²) in [5.74, 6) is 5.63. The Kier molecular flexibility index (Phi) is 22.0. The monoisotopic (exact) mass is 1040 g/mol. The van der Waals surface area contributed by atoms with Gasteiger partial charge in [0.2, 0.25) is 0 Å². The van der Waals surface area contributed by atoms with Gasteiger partial charge < -0.3 is 19.6 Å². The van der Waals surface area contributed by atoms with Crippen LogP contribution in [0, 0.1) is 52.3 Å². The van der Waals surface area contributed by atoms with Crippen LogP contribution in [0.5, 0.6) is 0 Å². The van der Waals surface area contributed by atoms with Gasteiger partial charge in [-0.3, -0.25) is 0 Å². The number of benzene rings is 4. The van der Waals surface area contributed by atoms with Crippen molar-refractivity contribution in [3.05, 3.63) is 119 Å². The minimum absolute atomic E-state index is 0. The second-order valence-corrected chi connectivity index (χ2v) is 30.8. The zero-order valence-electron chi connectivity index (χ0n) is 52.8. The van der Waals surface area contributed by atoms with E-state index in [2.05, 4.69) is 276 Å². The van der Waals surface area contributed by atoms with Crippen LogP contribution in [0.2, 0.25) is 0 Å². The summed E-state index contributed by atoms with van der Waals surface area (Å²) in [7, 11) is 0. The van der Waals surface area contributed by atoms with Crippen molar-refractivity contribution in [2.75, 3.05) is 72.0 Å². The maximum Gasteiger partial charge on any atom is 0.0366 e. The van der Waals surface area contributed by atoms with Crippen LogP contribution < -0.4 is 19.6 Å². The minimum Gasteiger partial charge on any atom is -0.371 e. The Bertz CT molecular complexity index is 2070. The van der Waals surface area contributed by atoms with Crippen LogP contribution in [0.15, 0.2) is 97.1 Å². The van der Waals surface area contributed by atoms with E-state index in [1.165, 1.54) is 104 Å². The van der Waals surface area contributed by atoms with Gasteiger partial charge in [-0.05, 0) is 164 Å². The molecule has 0 radical (unpaired) electrons. The molecule has 0 aliphatic carbocycles. The fourth-order valence-corrected chi connectivity index (χ4v) is 12.9. The minimum atomic E-state index is 0. The van der Waals surface area contributed by atoms with Crippen molar-refractivity contribution < 1.29 is 0 Å². The highest BCUT2D eigenvalue weighted by molar-refractivity contribution is 5.52. The lowest BCUT2D eigenvalue weighted by Gasteiger charge is -2.53. The summed E-state index contributed by atoms with van der Waals surface area (Å²) in [4.78, 5) is 10.2. The largest absolute Gasteiger partial charge is 0.371 e. The van der Waals surface area contributed by atoms with Crippen molar-refractivity contribution >= 4 is 22.7 Å². The van der Waals surface area contributed by atoms with E-state index in [1.54, 1.807) is 0 Å². The Balaban J connectivity index is 0.000000218. The topological polar surface area (TPSA) is 13.0 Å². The summed E-state index contributed by atoms with van der Waals surface area (Å²) in [5, 5.41) is 0. The Morgan fingerprint density at radius 1 is 0.303 bits per heavy atom. The quantitative estimate of drug-likeness (QED) is 0.202. The first kappa shape index (κ1) is 64.6. The first-order chi connectivity index (χ1) is 34.5. The van der Waals surface area contributed by atoms with E-state index in [0.29, 0.717) is 10.8 Å². The molecule has 4 nitrogen and oxygen atoms in total. The lowest BCUT2D eigenvalue weighted by Crippen LogP contribution is -2.54. The van der Waals surface area contributed by atoms with Crippen LogP contribution in [0.4, 0.5) is 22.7 Å². The summed E-state index contributed by atoms with van der Waals surface area (Å²) in [6.45, 7) is 63.1. The molecule has 4 heterocycles. The second-order valence-electron chi connectivity index (χ2n) is 30.8. The summed E-state index contributed by atoms with van der Waals surface area (Å²) in [6, 6.07) is 36.7. The molecular weight excluding hydrogens is 921 g/mol. The Hall–Kier alpha value is -3.92. The first-order valence-electron chi connectivity index (χ1n) is 29.9. The molecule has 0 aromatic heterocycles. The average Bonchev–Trinajstić information content (AvgIpc) is 3.29. The molecule has 4 aromatic rings. The predicted molar refractivity (Wildman–Crippen MR) is 342 cm³/mol. The molecule has 0 saturated carbocycles. The lowest BCUT2D eigenvalue weighted by molar-refractivity contribution is 0.0641. The van der Waals surface area contributed by atoms with Gasteiger partial charge in [0, 0.05) is 75.1 Å². The highest BCUT2D eigenvalue weighted by Gasteiger charge is 2.44. The molecule has 0 amide bonds. The van der Waals surface area contributed by atoms with E-state index in [-0.39, 0.29) is 29.1 Å². The molecule has 0 bridgehead atoms. The molecule has 426 valence electrons. The van der Waals surface area contributed by atoms with Crippen molar-refractivity contribution in [1.82, 2.24) is 0 Å². The average molecular weight is 1040 g/mol. The Labute approximate surface area is 471 Å². The van der Waals surface area contributed by atoms with Crippen molar-refractivity contribution in [3.63, 3.8) is 0 Å². The highest BCUT2D eigenvalue weighted by atomic mass is 15.2. The van der Waals surface area contributed by atoms with E-state index in [9.17, 15) is 0 Å². The smallest absolute Gasteiger partial charge is 0.0366 e. The van der Waals surface area contributed by atoms with E-state index in [1.807, 2.05) is 0 Å². The summed E-state index contributed by atoms with van der Waals surface area (Å²) >= 11 is 0. The maximum atomic E-state index is 2.58. The molecule has 4 saturated heterocycles. The predicted octanol–water partition coefficient (Wildman–Crippen LogP) is 19.5. The molecule has 8 rings (SSSR count). The van der Waals surface area contributed by atoms with Crippen LogP contribution in [0.1, 0.15) is 208 Å². The molecule has 4 heteroatoms.